The summed E-state index contributed by atoms with van der Waals surface area (Å²) in [5, 5.41) is 8.70. The van der Waals surface area contributed by atoms with Gasteiger partial charge in [-0.3, -0.25) is 0 Å². The molecule has 0 aliphatic carbocycles. The van der Waals surface area contributed by atoms with Gasteiger partial charge in [-0.2, -0.15) is 26.3 Å². The summed E-state index contributed by atoms with van der Waals surface area (Å²) in [7, 11) is 0. The molecule has 0 saturated carbocycles. The zero-order valence-corrected chi connectivity index (χ0v) is 9.84. The number of ether oxygens (including phenoxy) is 1. The average Bonchev–Trinajstić information content (AvgIpc) is 2.22. The van der Waals surface area contributed by atoms with E-state index in [4.69, 9.17) is 5.11 Å². The molecular weight excluding hydrogens is 294 g/mol. The van der Waals surface area contributed by atoms with Crippen LogP contribution in [0.4, 0.5) is 26.3 Å². The molecule has 0 heterocycles. The van der Waals surface area contributed by atoms with Crippen molar-refractivity contribution < 1.29 is 41.0 Å². The van der Waals surface area contributed by atoms with Crippen molar-refractivity contribution in [2.24, 2.45) is 0 Å². The van der Waals surface area contributed by atoms with E-state index in [0.717, 1.165) is 18.2 Å². The number of rotatable bonds is 3. The molecule has 0 spiro atoms. The van der Waals surface area contributed by atoms with Crippen LogP contribution in [0.25, 0.3) is 0 Å². The van der Waals surface area contributed by atoms with Gasteiger partial charge in [0, 0.05) is 0 Å². The third-order valence-corrected chi connectivity index (χ3v) is 2.28. The molecule has 1 N–H and O–H groups in total. The maximum absolute atomic E-state index is 12.3. The Kier molecular flexibility index (Phi) is 4.21. The molecule has 0 saturated heterocycles. The van der Waals surface area contributed by atoms with Crippen molar-refractivity contribution in [3.63, 3.8) is 0 Å². The molecule has 0 aliphatic heterocycles. The summed E-state index contributed by atoms with van der Waals surface area (Å²) in [4.78, 5) is 10.7. The molecular formula is C11H8F6O3. The molecule has 112 valence electrons. The lowest BCUT2D eigenvalue weighted by Gasteiger charge is -2.24. The van der Waals surface area contributed by atoms with E-state index in [1.807, 2.05) is 0 Å². The molecule has 1 aromatic carbocycles. The number of halogens is 6. The van der Waals surface area contributed by atoms with Gasteiger partial charge in [0.15, 0.2) is 0 Å². The highest BCUT2D eigenvalue weighted by Gasteiger charge is 2.59. The van der Waals surface area contributed by atoms with Crippen molar-refractivity contribution in [1.82, 2.24) is 0 Å². The van der Waals surface area contributed by atoms with E-state index >= 15 is 0 Å². The Hall–Kier alpha value is -1.93. The highest BCUT2D eigenvalue weighted by Crippen LogP contribution is 2.36. The maximum Gasteiger partial charge on any atom is 0.434 e. The highest BCUT2D eigenvalue weighted by molar-refractivity contribution is 5.89. The van der Waals surface area contributed by atoms with Crippen LogP contribution in [0.1, 0.15) is 15.9 Å². The first-order chi connectivity index (χ1) is 8.93. The van der Waals surface area contributed by atoms with Gasteiger partial charge in [0.25, 0.3) is 6.10 Å². The van der Waals surface area contributed by atoms with E-state index in [1.165, 1.54) is 6.92 Å². The third-order valence-electron chi connectivity index (χ3n) is 2.28. The molecule has 0 aliphatic rings. The molecule has 1 aromatic rings. The van der Waals surface area contributed by atoms with E-state index in [9.17, 15) is 31.1 Å². The van der Waals surface area contributed by atoms with Crippen molar-refractivity contribution >= 4 is 5.97 Å². The first-order valence-corrected chi connectivity index (χ1v) is 5.07. The lowest BCUT2D eigenvalue weighted by Crippen LogP contribution is -2.46. The zero-order valence-electron chi connectivity index (χ0n) is 9.84. The van der Waals surface area contributed by atoms with Crippen LogP contribution in [0.2, 0.25) is 0 Å². The smallest absolute Gasteiger partial charge is 0.434 e. The van der Waals surface area contributed by atoms with E-state index < -0.39 is 30.2 Å². The fourth-order valence-corrected chi connectivity index (χ4v) is 1.40. The third kappa shape index (κ3) is 3.78. The number of alkyl halides is 6. The van der Waals surface area contributed by atoms with Crippen LogP contribution >= 0.6 is 0 Å². The molecule has 0 bridgehead atoms. The van der Waals surface area contributed by atoms with Crippen molar-refractivity contribution in [2.45, 2.75) is 25.4 Å². The van der Waals surface area contributed by atoms with Crippen LogP contribution < -0.4 is 4.74 Å². The fraction of sp³-hybridized carbons (Fsp3) is 0.364. The summed E-state index contributed by atoms with van der Waals surface area (Å²) in [6.07, 6.45) is -15.2. The second kappa shape index (κ2) is 5.22. The van der Waals surface area contributed by atoms with E-state index in [1.54, 1.807) is 0 Å². The molecule has 0 fully saturated rings. The largest absolute Gasteiger partial charge is 0.478 e. The number of hydrogen-bond donors (Lipinski definition) is 1. The Bertz CT molecular complexity index is 492. The van der Waals surface area contributed by atoms with Crippen LogP contribution in [0.3, 0.4) is 0 Å². The number of benzene rings is 1. The summed E-state index contributed by atoms with van der Waals surface area (Å²) < 4.78 is 77.5. The fourth-order valence-electron chi connectivity index (χ4n) is 1.40. The zero-order chi connectivity index (χ0) is 15.7. The standard InChI is InChI=1S/C11H8F6O3/c1-5-4-6(2-3-7(5)8(18)19)20-9(10(12,13)14)11(15,16)17/h2-4,9H,1H3,(H,18,19). The van der Waals surface area contributed by atoms with Crippen molar-refractivity contribution in [3.05, 3.63) is 29.3 Å². The van der Waals surface area contributed by atoms with Crippen LogP contribution in [-0.2, 0) is 0 Å². The minimum absolute atomic E-state index is 0.0156. The van der Waals surface area contributed by atoms with Gasteiger partial charge in [-0.05, 0) is 30.7 Å². The van der Waals surface area contributed by atoms with E-state index in [0.29, 0.717) is 0 Å². The summed E-state index contributed by atoms with van der Waals surface area (Å²) in [5.41, 5.74) is -0.258. The van der Waals surface area contributed by atoms with Crippen LogP contribution in [0.5, 0.6) is 5.75 Å². The van der Waals surface area contributed by atoms with Gasteiger partial charge < -0.3 is 9.84 Å². The average molecular weight is 302 g/mol. The highest BCUT2D eigenvalue weighted by atomic mass is 19.4. The first kappa shape index (κ1) is 16.1. The van der Waals surface area contributed by atoms with Gasteiger partial charge in [-0.1, -0.05) is 0 Å². The molecule has 0 atom stereocenters. The normalized spacial score (nSPS) is 12.6. The Morgan fingerprint density at radius 2 is 1.65 bits per heavy atom. The predicted molar refractivity (Wildman–Crippen MR) is 54.7 cm³/mol. The number of aryl methyl sites for hydroxylation is 1. The number of carbonyl (C=O) groups is 1. The molecule has 0 aromatic heterocycles. The van der Waals surface area contributed by atoms with Gasteiger partial charge in [-0.15, -0.1) is 0 Å². The topological polar surface area (TPSA) is 46.5 Å². The van der Waals surface area contributed by atoms with Crippen molar-refractivity contribution in [2.75, 3.05) is 0 Å². The van der Waals surface area contributed by atoms with Crippen LogP contribution in [0, 0.1) is 6.92 Å². The Morgan fingerprint density at radius 1 is 1.15 bits per heavy atom. The second-order valence-electron chi connectivity index (χ2n) is 3.86. The summed E-state index contributed by atoms with van der Waals surface area (Å²) in [6.45, 7) is 1.23. The van der Waals surface area contributed by atoms with Gasteiger partial charge in [0.1, 0.15) is 5.75 Å². The van der Waals surface area contributed by atoms with Gasteiger partial charge in [-0.25, -0.2) is 4.79 Å². The maximum atomic E-state index is 12.3. The van der Waals surface area contributed by atoms with Crippen molar-refractivity contribution in [1.29, 1.82) is 0 Å². The first-order valence-electron chi connectivity index (χ1n) is 5.07. The molecule has 0 radical (unpaired) electrons. The summed E-state index contributed by atoms with van der Waals surface area (Å²) in [5.74, 6) is -2.07. The van der Waals surface area contributed by atoms with Gasteiger partial charge in [0.2, 0.25) is 0 Å². The van der Waals surface area contributed by atoms with Crippen molar-refractivity contribution in [3.8, 4) is 5.75 Å². The number of carboxylic acid groups (broad SMARTS) is 1. The predicted octanol–water partition coefficient (Wildman–Crippen LogP) is 3.57. The second-order valence-corrected chi connectivity index (χ2v) is 3.86. The summed E-state index contributed by atoms with van der Waals surface area (Å²) >= 11 is 0. The minimum Gasteiger partial charge on any atom is -0.478 e. The number of hydrogen-bond acceptors (Lipinski definition) is 2. The molecule has 0 amide bonds. The molecule has 0 unspecified atom stereocenters. The molecule has 20 heavy (non-hydrogen) atoms. The van der Waals surface area contributed by atoms with Crippen LogP contribution in [-0.4, -0.2) is 29.5 Å². The van der Waals surface area contributed by atoms with Gasteiger partial charge >= 0.3 is 18.3 Å². The molecule has 9 heteroatoms. The quantitative estimate of drug-likeness (QED) is 0.868. The lowest BCUT2D eigenvalue weighted by molar-refractivity contribution is -0.299. The Balaban J connectivity index is 3.08. The monoisotopic (exact) mass is 302 g/mol. The van der Waals surface area contributed by atoms with Crippen LogP contribution in [0.15, 0.2) is 18.2 Å². The summed E-state index contributed by atoms with van der Waals surface area (Å²) in [6, 6.07) is 2.41. The number of aromatic carboxylic acids is 1. The Morgan fingerprint density at radius 3 is 2.00 bits per heavy atom. The minimum atomic E-state index is -5.63. The number of carboxylic acids is 1. The SMILES string of the molecule is Cc1cc(OC(C(F)(F)F)C(F)(F)F)ccc1C(=O)O. The lowest BCUT2D eigenvalue weighted by atomic mass is 10.1. The van der Waals surface area contributed by atoms with E-state index in [2.05, 4.69) is 4.74 Å². The molecule has 3 nitrogen and oxygen atoms in total. The van der Waals surface area contributed by atoms with Gasteiger partial charge in [0.05, 0.1) is 5.56 Å². The van der Waals surface area contributed by atoms with E-state index in [-0.39, 0.29) is 11.1 Å². The molecule has 1 rings (SSSR count). The Labute approximate surface area is 108 Å².